The van der Waals surface area contributed by atoms with Gasteiger partial charge in [0.2, 0.25) is 10.0 Å². The zero-order chi connectivity index (χ0) is 20.2. The Balaban J connectivity index is 0.00000420. The summed E-state index contributed by atoms with van der Waals surface area (Å²) in [6.45, 7) is 2.15. The highest BCUT2D eigenvalue weighted by Crippen LogP contribution is 2.20. The van der Waals surface area contributed by atoms with Gasteiger partial charge in [0, 0.05) is 26.7 Å². The van der Waals surface area contributed by atoms with Crippen molar-refractivity contribution in [1.82, 2.24) is 15.4 Å². The van der Waals surface area contributed by atoms with Gasteiger partial charge in [0.25, 0.3) is 0 Å². The zero-order valence-corrected chi connectivity index (χ0v) is 20.6. The zero-order valence-electron chi connectivity index (χ0n) is 17.4. The van der Waals surface area contributed by atoms with E-state index in [1.165, 1.54) is 39.2 Å². The van der Waals surface area contributed by atoms with Crippen LogP contribution in [0.1, 0.15) is 49.7 Å². The summed E-state index contributed by atoms with van der Waals surface area (Å²) in [7, 11) is -0.102. The van der Waals surface area contributed by atoms with E-state index in [-0.39, 0.29) is 29.7 Å². The lowest BCUT2D eigenvalue weighted by atomic mass is 9.98. The first-order chi connectivity index (χ1) is 13.5. The second kappa shape index (κ2) is 14.2. The van der Waals surface area contributed by atoms with Crippen molar-refractivity contribution in [3.63, 3.8) is 0 Å². The van der Waals surface area contributed by atoms with E-state index in [1.807, 2.05) is 24.3 Å². The minimum absolute atomic E-state index is 0. The number of aliphatic imine (C=N–C) groups is 1. The topological polar surface area (TPSA) is 91.8 Å². The lowest BCUT2D eigenvalue weighted by molar-refractivity contribution is 0.0277. The van der Waals surface area contributed by atoms with Crippen LogP contribution in [0.25, 0.3) is 0 Å². The summed E-state index contributed by atoms with van der Waals surface area (Å²) >= 11 is 0. The Morgan fingerprint density at radius 3 is 2.59 bits per heavy atom. The molecule has 2 rings (SSSR count). The minimum atomic E-state index is -3.27. The molecule has 0 unspecified atom stereocenters. The Labute approximate surface area is 192 Å². The molecule has 0 heterocycles. The molecule has 0 aliphatic heterocycles. The average molecular weight is 538 g/mol. The van der Waals surface area contributed by atoms with Crippen LogP contribution in [-0.4, -0.2) is 47.7 Å². The normalized spacial score (nSPS) is 15.6. The highest BCUT2D eigenvalue weighted by Gasteiger charge is 2.13. The molecule has 0 bridgehead atoms. The van der Waals surface area contributed by atoms with Gasteiger partial charge in [0.15, 0.2) is 5.96 Å². The molecule has 1 fully saturated rings. The van der Waals surface area contributed by atoms with Gasteiger partial charge in [-0.15, -0.1) is 24.0 Å². The van der Waals surface area contributed by atoms with Crippen molar-refractivity contribution in [2.75, 3.05) is 27.2 Å². The lowest BCUT2D eigenvalue weighted by Gasteiger charge is -2.22. The molecule has 1 aromatic carbocycles. The fourth-order valence-electron chi connectivity index (χ4n) is 3.29. The third-order valence-corrected chi connectivity index (χ3v) is 6.20. The third-order valence-electron chi connectivity index (χ3n) is 4.86. The molecule has 0 saturated heterocycles. The van der Waals surface area contributed by atoms with Crippen LogP contribution in [0, 0.1) is 0 Å². The fourth-order valence-corrected chi connectivity index (χ4v) is 4.05. The molecule has 0 aromatic heterocycles. The van der Waals surface area contributed by atoms with Crippen LogP contribution in [0.5, 0.6) is 0 Å². The molecule has 0 atom stereocenters. The highest BCUT2D eigenvalue weighted by atomic mass is 127. The molecule has 0 spiro atoms. The monoisotopic (exact) mass is 538 g/mol. The summed E-state index contributed by atoms with van der Waals surface area (Å²) in [6, 6.07) is 7.55. The molecule has 7 nitrogen and oxygen atoms in total. The Bertz CT molecular complexity index is 722. The molecule has 0 amide bonds. The summed E-state index contributed by atoms with van der Waals surface area (Å²) in [6.07, 6.45) is 7.72. The van der Waals surface area contributed by atoms with E-state index in [4.69, 9.17) is 4.74 Å². The van der Waals surface area contributed by atoms with Gasteiger partial charge in [0.1, 0.15) is 0 Å². The summed E-state index contributed by atoms with van der Waals surface area (Å²) in [5.74, 6) is 0.705. The maximum absolute atomic E-state index is 11.7. The number of rotatable bonds is 10. The number of sulfonamides is 1. The fraction of sp³-hybridized carbons (Fsp3) is 0.650. The van der Waals surface area contributed by atoms with E-state index < -0.39 is 10.0 Å². The number of ether oxygens (including phenoxy) is 1. The molecule has 1 saturated carbocycles. The van der Waals surface area contributed by atoms with Crippen LogP contribution in [0.4, 0.5) is 0 Å². The Hall–Kier alpha value is -0.910. The number of halogens is 1. The molecule has 166 valence electrons. The number of nitrogens with zero attached hydrogens (tertiary/aromatic N) is 1. The van der Waals surface area contributed by atoms with Crippen LogP contribution in [0.2, 0.25) is 0 Å². The predicted octanol–water partition coefficient (Wildman–Crippen LogP) is 2.76. The molecule has 29 heavy (non-hydrogen) atoms. The molecule has 3 N–H and O–H groups in total. The van der Waals surface area contributed by atoms with Gasteiger partial charge in [0.05, 0.1) is 11.9 Å². The van der Waals surface area contributed by atoms with Crippen LogP contribution in [0.15, 0.2) is 29.3 Å². The second-order valence-electron chi connectivity index (χ2n) is 7.12. The number of benzene rings is 1. The van der Waals surface area contributed by atoms with Crippen molar-refractivity contribution in [3.05, 3.63) is 35.4 Å². The van der Waals surface area contributed by atoms with Crippen molar-refractivity contribution in [2.24, 2.45) is 4.99 Å². The molecule has 9 heteroatoms. The quantitative estimate of drug-likeness (QED) is 0.185. The average Bonchev–Trinajstić information content (AvgIpc) is 2.71. The van der Waals surface area contributed by atoms with Crippen molar-refractivity contribution in [3.8, 4) is 0 Å². The van der Waals surface area contributed by atoms with Crippen LogP contribution < -0.4 is 15.4 Å². The Morgan fingerprint density at radius 2 is 1.90 bits per heavy atom. The van der Waals surface area contributed by atoms with Gasteiger partial charge in [-0.05, 0) is 37.4 Å². The Kier molecular flexibility index (Phi) is 12.8. The van der Waals surface area contributed by atoms with Gasteiger partial charge >= 0.3 is 0 Å². The number of hydrogen-bond acceptors (Lipinski definition) is 4. The van der Waals surface area contributed by atoms with Gasteiger partial charge in [-0.3, -0.25) is 4.99 Å². The van der Waals surface area contributed by atoms with Crippen LogP contribution in [0.3, 0.4) is 0 Å². The molecular weight excluding hydrogens is 503 g/mol. The molecular formula is C20H35IN4O3S. The second-order valence-corrected chi connectivity index (χ2v) is 9.05. The molecule has 0 radical (unpaired) electrons. The van der Waals surface area contributed by atoms with E-state index >= 15 is 0 Å². The first-order valence-corrected chi connectivity index (χ1v) is 11.7. The standard InChI is InChI=1S/C20H34N4O3S.HI/c1-21-20(23-12-7-13-27-19-10-4-3-5-11-19)24-15-17-8-6-9-18(14-17)16-28(25,26)22-2;/h6,8-9,14,19,22H,3-5,7,10-13,15-16H2,1-2H3,(H2,21,23,24);1H. The predicted molar refractivity (Wildman–Crippen MR) is 129 cm³/mol. The maximum Gasteiger partial charge on any atom is 0.215 e. The van der Waals surface area contributed by atoms with E-state index in [2.05, 4.69) is 20.3 Å². The Morgan fingerprint density at radius 1 is 1.17 bits per heavy atom. The molecule has 1 aliphatic rings. The first-order valence-electron chi connectivity index (χ1n) is 10.1. The van der Waals surface area contributed by atoms with Gasteiger partial charge in [-0.1, -0.05) is 43.5 Å². The van der Waals surface area contributed by atoms with Crippen molar-refractivity contribution >= 4 is 40.0 Å². The number of guanidine groups is 1. The molecule has 1 aliphatic carbocycles. The van der Waals surface area contributed by atoms with E-state index in [9.17, 15) is 8.42 Å². The first kappa shape index (κ1) is 26.1. The van der Waals surface area contributed by atoms with Crippen molar-refractivity contribution in [1.29, 1.82) is 0 Å². The summed E-state index contributed by atoms with van der Waals surface area (Å²) in [5.41, 5.74) is 1.77. The summed E-state index contributed by atoms with van der Waals surface area (Å²) in [4.78, 5) is 4.23. The smallest absolute Gasteiger partial charge is 0.215 e. The minimum Gasteiger partial charge on any atom is -0.378 e. The summed E-state index contributed by atoms with van der Waals surface area (Å²) in [5, 5.41) is 6.56. The van der Waals surface area contributed by atoms with Gasteiger partial charge < -0.3 is 15.4 Å². The van der Waals surface area contributed by atoms with Crippen LogP contribution >= 0.6 is 24.0 Å². The van der Waals surface area contributed by atoms with Gasteiger partial charge in [-0.25, -0.2) is 13.1 Å². The highest BCUT2D eigenvalue weighted by molar-refractivity contribution is 14.0. The van der Waals surface area contributed by atoms with Crippen LogP contribution in [-0.2, 0) is 27.1 Å². The molecule has 1 aromatic rings. The third kappa shape index (κ3) is 10.6. The lowest BCUT2D eigenvalue weighted by Crippen LogP contribution is -2.37. The largest absolute Gasteiger partial charge is 0.378 e. The van der Waals surface area contributed by atoms with Crippen molar-refractivity contribution < 1.29 is 13.2 Å². The van der Waals surface area contributed by atoms with E-state index in [0.29, 0.717) is 12.6 Å². The SMILES string of the molecule is CN=C(NCCCOC1CCCCC1)NCc1cccc(CS(=O)(=O)NC)c1.I. The number of hydrogen-bond donors (Lipinski definition) is 3. The maximum atomic E-state index is 11.7. The summed E-state index contributed by atoms with van der Waals surface area (Å²) < 4.78 is 31.7. The van der Waals surface area contributed by atoms with E-state index in [0.717, 1.165) is 36.7 Å². The number of nitrogens with one attached hydrogen (secondary N) is 3. The van der Waals surface area contributed by atoms with E-state index in [1.54, 1.807) is 7.05 Å². The van der Waals surface area contributed by atoms with Gasteiger partial charge in [-0.2, -0.15) is 0 Å². The van der Waals surface area contributed by atoms with Crippen molar-refractivity contribution in [2.45, 2.75) is 56.9 Å².